The Kier molecular flexibility index (Phi) is 5.31. The smallest absolute Gasteiger partial charge is 0.326 e. The predicted molar refractivity (Wildman–Crippen MR) is 67.9 cm³/mol. The Hall–Kier alpha value is -1.89. The van der Waals surface area contributed by atoms with Gasteiger partial charge in [0.15, 0.2) is 0 Å². The van der Waals surface area contributed by atoms with Gasteiger partial charge in [-0.05, 0) is 6.07 Å². The van der Waals surface area contributed by atoms with E-state index >= 15 is 0 Å². The average molecular weight is 254 g/mol. The lowest BCUT2D eigenvalue weighted by atomic mass is 10.2. The number of aliphatic carboxylic acids is 1. The first kappa shape index (κ1) is 14.2. The molecule has 0 aromatic carbocycles. The van der Waals surface area contributed by atoms with Crippen molar-refractivity contribution in [3.63, 3.8) is 0 Å². The first-order valence-electron chi connectivity index (χ1n) is 5.53. The first-order valence-corrected chi connectivity index (χ1v) is 5.53. The summed E-state index contributed by atoms with van der Waals surface area (Å²) in [6.45, 7) is 0.371. The van der Waals surface area contributed by atoms with Gasteiger partial charge in [-0.15, -0.1) is 0 Å². The highest BCUT2D eigenvalue weighted by molar-refractivity contribution is 5.76. The molecule has 0 radical (unpaired) electrons. The molecule has 1 aromatic heterocycles. The van der Waals surface area contributed by atoms with Gasteiger partial charge in [0.1, 0.15) is 11.9 Å². The molecule has 0 saturated heterocycles. The van der Waals surface area contributed by atoms with Crippen molar-refractivity contribution in [2.75, 3.05) is 38.0 Å². The van der Waals surface area contributed by atoms with Crippen LogP contribution in [-0.4, -0.2) is 54.9 Å². The van der Waals surface area contributed by atoms with Gasteiger partial charge >= 0.3 is 5.97 Å². The summed E-state index contributed by atoms with van der Waals surface area (Å²) in [4.78, 5) is 21.1. The van der Waals surface area contributed by atoms with Crippen LogP contribution in [0.4, 0.5) is 11.8 Å². The minimum atomic E-state index is -0.933. The number of aromatic nitrogens is 2. The van der Waals surface area contributed by atoms with Crippen molar-refractivity contribution in [3.05, 3.63) is 12.3 Å². The molecule has 1 heterocycles. The number of hydrogen-bond acceptors (Lipinski definition) is 6. The van der Waals surface area contributed by atoms with Crippen molar-refractivity contribution in [1.29, 1.82) is 0 Å². The van der Waals surface area contributed by atoms with Gasteiger partial charge in [-0.25, -0.2) is 9.78 Å². The standard InChI is InChI=1S/C11H18N4O3/c1-15(2)11-12-6-4-9(14-11)13-8(10(16)17)5-7-18-3/h4,6,8H,5,7H2,1-3H3,(H,16,17)(H,12,13,14). The largest absolute Gasteiger partial charge is 0.480 e. The van der Waals surface area contributed by atoms with Gasteiger partial charge in [0.2, 0.25) is 5.95 Å². The van der Waals surface area contributed by atoms with Crippen LogP contribution in [0.5, 0.6) is 0 Å². The van der Waals surface area contributed by atoms with E-state index in [2.05, 4.69) is 15.3 Å². The third-order valence-electron chi connectivity index (χ3n) is 2.27. The molecule has 0 saturated carbocycles. The summed E-state index contributed by atoms with van der Waals surface area (Å²) in [5.74, 6) is 0.0742. The second-order valence-corrected chi connectivity index (χ2v) is 3.95. The van der Waals surface area contributed by atoms with Crippen molar-refractivity contribution in [2.24, 2.45) is 0 Å². The van der Waals surface area contributed by atoms with Gasteiger partial charge in [0.05, 0.1) is 0 Å². The van der Waals surface area contributed by atoms with E-state index in [1.165, 1.54) is 7.11 Å². The van der Waals surface area contributed by atoms with E-state index < -0.39 is 12.0 Å². The number of ether oxygens (including phenoxy) is 1. The van der Waals surface area contributed by atoms with E-state index in [-0.39, 0.29) is 0 Å². The number of carboxylic acids is 1. The van der Waals surface area contributed by atoms with Gasteiger partial charge in [-0.1, -0.05) is 0 Å². The summed E-state index contributed by atoms with van der Waals surface area (Å²) in [5, 5.41) is 11.9. The monoisotopic (exact) mass is 254 g/mol. The van der Waals surface area contributed by atoms with Gasteiger partial charge in [0, 0.05) is 40.4 Å². The van der Waals surface area contributed by atoms with Crippen LogP contribution in [0.2, 0.25) is 0 Å². The lowest BCUT2D eigenvalue weighted by molar-refractivity contribution is -0.138. The molecular formula is C11H18N4O3. The van der Waals surface area contributed by atoms with Crippen LogP contribution in [-0.2, 0) is 9.53 Å². The number of nitrogens with one attached hydrogen (secondary N) is 1. The van der Waals surface area contributed by atoms with E-state index in [1.54, 1.807) is 17.2 Å². The van der Waals surface area contributed by atoms with E-state index in [4.69, 9.17) is 9.84 Å². The maximum atomic E-state index is 11.1. The van der Waals surface area contributed by atoms with Crippen molar-refractivity contribution in [1.82, 2.24) is 9.97 Å². The van der Waals surface area contributed by atoms with Crippen molar-refractivity contribution < 1.29 is 14.6 Å². The summed E-state index contributed by atoms with van der Waals surface area (Å²) in [7, 11) is 5.17. The fourth-order valence-corrected chi connectivity index (χ4v) is 1.32. The lowest BCUT2D eigenvalue weighted by Crippen LogP contribution is -2.31. The summed E-state index contributed by atoms with van der Waals surface area (Å²) < 4.78 is 4.88. The molecule has 1 rings (SSSR count). The fourth-order valence-electron chi connectivity index (χ4n) is 1.32. The fraction of sp³-hybridized carbons (Fsp3) is 0.545. The van der Waals surface area contributed by atoms with E-state index in [0.29, 0.717) is 24.8 Å². The zero-order chi connectivity index (χ0) is 13.5. The lowest BCUT2D eigenvalue weighted by Gasteiger charge is -2.16. The Morgan fingerprint density at radius 3 is 2.89 bits per heavy atom. The van der Waals surface area contributed by atoms with Crippen molar-refractivity contribution in [2.45, 2.75) is 12.5 Å². The van der Waals surface area contributed by atoms with E-state index in [9.17, 15) is 4.79 Å². The predicted octanol–water partition coefficient (Wildman–Crippen LogP) is 0.444. The minimum Gasteiger partial charge on any atom is -0.480 e. The molecule has 0 aliphatic heterocycles. The second-order valence-electron chi connectivity index (χ2n) is 3.95. The highest BCUT2D eigenvalue weighted by Crippen LogP contribution is 2.10. The van der Waals surface area contributed by atoms with Crippen molar-refractivity contribution >= 4 is 17.7 Å². The summed E-state index contributed by atoms with van der Waals surface area (Å²) in [5.41, 5.74) is 0. The van der Waals surface area contributed by atoms with Gasteiger partial charge in [-0.3, -0.25) is 0 Å². The molecule has 0 amide bonds. The van der Waals surface area contributed by atoms with Crippen molar-refractivity contribution in [3.8, 4) is 0 Å². The number of rotatable bonds is 7. The molecule has 7 heteroatoms. The molecule has 0 aliphatic carbocycles. The molecule has 7 nitrogen and oxygen atoms in total. The topological polar surface area (TPSA) is 87.6 Å². The Bertz CT molecular complexity index is 398. The van der Waals surface area contributed by atoms with Crippen LogP contribution in [0.15, 0.2) is 12.3 Å². The van der Waals surface area contributed by atoms with Gasteiger partial charge < -0.3 is 20.1 Å². The molecule has 18 heavy (non-hydrogen) atoms. The molecular weight excluding hydrogens is 236 g/mol. The van der Waals surface area contributed by atoms with Crippen LogP contribution >= 0.6 is 0 Å². The average Bonchev–Trinajstić information content (AvgIpc) is 2.34. The molecule has 100 valence electrons. The molecule has 0 spiro atoms. The molecule has 1 unspecified atom stereocenters. The van der Waals surface area contributed by atoms with Crippen LogP contribution in [0.25, 0.3) is 0 Å². The zero-order valence-corrected chi connectivity index (χ0v) is 10.8. The SMILES string of the molecule is COCCC(Nc1ccnc(N(C)C)n1)C(=O)O. The quantitative estimate of drug-likeness (QED) is 0.730. The Labute approximate surface area is 106 Å². The van der Waals surface area contributed by atoms with Crippen LogP contribution in [0.3, 0.4) is 0 Å². The first-order chi connectivity index (χ1) is 8.54. The number of carboxylic acid groups (broad SMARTS) is 1. The minimum absolute atomic E-state index is 0.368. The van der Waals surface area contributed by atoms with Gasteiger partial charge in [-0.2, -0.15) is 4.98 Å². The van der Waals surface area contributed by atoms with Crippen LogP contribution < -0.4 is 10.2 Å². The number of hydrogen-bond donors (Lipinski definition) is 2. The second kappa shape index (κ2) is 6.75. The molecule has 2 N–H and O–H groups in total. The molecule has 1 atom stereocenters. The van der Waals surface area contributed by atoms with E-state index in [1.807, 2.05) is 14.1 Å². The Morgan fingerprint density at radius 1 is 1.61 bits per heavy atom. The third-order valence-corrected chi connectivity index (χ3v) is 2.27. The van der Waals surface area contributed by atoms with Crippen LogP contribution in [0.1, 0.15) is 6.42 Å². The molecule has 1 aromatic rings. The number of carbonyl (C=O) groups is 1. The third kappa shape index (κ3) is 4.17. The highest BCUT2D eigenvalue weighted by Gasteiger charge is 2.17. The number of nitrogens with zero attached hydrogens (tertiary/aromatic N) is 3. The molecule has 0 bridgehead atoms. The number of anilines is 2. The van der Waals surface area contributed by atoms with Gasteiger partial charge in [0.25, 0.3) is 0 Å². The summed E-state index contributed by atoms with van der Waals surface area (Å²) >= 11 is 0. The summed E-state index contributed by atoms with van der Waals surface area (Å²) in [6.07, 6.45) is 1.95. The molecule has 0 fully saturated rings. The van der Waals surface area contributed by atoms with E-state index in [0.717, 1.165) is 0 Å². The Balaban J connectivity index is 2.74. The molecule has 0 aliphatic rings. The Morgan fingerprint density at radius 2 is 2.33 bits per heavy atom. The van der Waals surface area contributed by atoms with Crippen LogP contribution in [0, 0.1) is 0 Å². The maximum absolute atomic E-state index is 11.1. The normalized spacial score (nSPS) is 11.9. The maximum Gasteiger partial charge on any atom is 0.326 e. The highest BCUT2D eigenvalue weighted by atomic mass is 16.5. The number of methoxy groups -OCH3 is 1. The summed E-state index contributed by atoms with van der Waals surface area (Å²) in [6, 6.07) is 0.908. The zero-order valence-electron chi connectivity index (χ0n) is 10.8.